The van der Waals surface area contributed by atoms with Crippen LogP contribution in [-0.2, 0) is 4.74 Å². The zero-order valence-electron chi connectivity index (χ0n) is 18.5. The summed E-state index contributed by atoms with van der Waals surface area (Å²) in [5, 5.41) is 17.8. The third-order valence-electron chi connectivity index (χ3n) is 5.56. The van der Waals surface area contributed by atoms with Gasteiger partial charge in [-0.15, -0.1) is 0 Å². The van der Waals surface area contributed by atoms with Gasteiger partial charge in [-0.3, -0.25) is 9.89 Å². The molecule has 2 heterocycles. The first-order chi connectivity index (χ1) is 15.7. The Labute approximate surface area is 188 Å². The molecule has 1 aliphatic rings. The van der Waals surface area contributed by atoms with Crippen molar-refractivity contribution in [1.82, 2.24) is 15.1 Å². The molecule has 7 heteroatoms. The molecule has 7 nitrogen and oxygen atoms in total. The Balaban J connectivity index is 1.77. The van der Waals surface area contributed by atoms with Crippen molar-refractivity contribution < 1.29 is 19.4 Å². The van der Waals surface area contributed by atoms with Crippen molar-refractivity contribution in [2.75, 3.05) is 26.4 Å². The highest BCUT2D eigenvalue weighted by molar-refractivity contribution is 6.00. The number of fused-ring (bicyclic) bond motifs is 1. The molecule has 2 aromatic carbocycles. The number of amides is 1. The van der Waals surface area contributed by atoms with Gasteiger partial charge in [-0.2, -0.15) is 5.10 Å². The van der Waals surface area contributed by atoms with Gasteiger partial charge in [0.15, 0.2) is 0 Å². The fourth-order valence-corrected chi connectivity index (χ4v) is 4.13. The number of hydrogen-bond donors (Lipinski definition) is 2. The van der Waals surface area contributed by atoms with E-state index in [1.54, 1.807) is 12.1 Å². The molecule has 0 bridgehead atoms. The van der Waals surface area contributed by atoms with Gasteiger partial charge in [-0.1, -0.05) is 31.2 Å². The third-order valence-corrected chi connectivity index (χ3v) is 5.56. The summed E-state index contributed by atoms with van der Waals surface area (Å²) in [5.74, 6) is 0.797. The lowest BCUT2D eigenvalue weighted by Gasteiger charge is -2.26. The van der Waals surface area contributed by atoms with E-state index >= 15 is 0 Å². The van der Waals surface area contributed by atoms with E-state index in [9.17, 15) is 9.90 Å². The monoisotopic (exact) mass is 435 g/mol. The molecular weight excluding hydrogens is 406 g/mol. The molecule has 168 valence electrons. The van der Waals surface area contributed by atoms with Crippen molar-refractivity contribution in [2.45, 2.75) is 32.7 Å². The predicted molar refractivity (Wildman–Crippen MR) is 122 cm³/mol. The van der Waals surface area contributed by atoms with Gasteiger partial charge in [0, 0.05) is 30.9 Å². The zero-order valence-corrected chi connectivity index (χ0v) is 18.5. The second kappa shape index (κ2) is 9.87. The van der Waals surface area contributed by atoms with E-state index < -0.39 is 0 Å². The number of hydrogen-bond acceptors (Lipinski definition) is 5. The minimum Gasteiger partial charge on any atom is -0.507 e. The van der Waals surface area contributed by atoms with E-state index in [0.717, 1.165) is 29.7 Å². The molecule has 1 amide bonds. The Morgan fingerprint density at radius 1 is 1.12 bits per heavy atom. The number of aromatic amines is 1. The van der Waals surface area contributed by atoms with Crippen LogP contribution in [-0.4, -0.2) is 52.5 Å². The van der Waals surface area contributed by atoms with Crippen LogP contribution in [0.3, 0.4) is 0 Å². The molecule has 3 aromatic rings. The number of ether oxygens (including phenoxy) is 2. The molecule has 0 radical (unpaired) electrons. The summed E-state index contributed by atoms with van der Waals surface area (Å²) in [7, 11) is 0. The van der Waals surface area contributed by atoms with Crippen LogP contribution in [0.5, 0.6) is 11.5 Å². The van der Waals surface area contributed by atoms with Crippen molar-refractivity contribution in [3.8, 4) is 22.8 Å². The lowest BCUT2D eigenvalue weighted by atomic mass is 9.95. The van der Waals surface area contributed by atoms with Crippen LogP contribution in [0.2, 0.25) is 0 Å². The average molecular weight is 436 g/mol. The summed E-state index contributed by atoms with van der Waals surface area (Å²) in [6.07, 6.45) is 1.64. The largest absolute Gasteiger partial charge is 0.507 e. The van der Waals surface area contributed by atoms with E-state index in [2.05, 4.69) is 17.1 Å². The fraction of sp³-hybridized carbons (Fsp3) is 0.360. The smallest absolute Gasteiger partial charge is 0.273 e. The predicted octanol–water partition coefficient (Wildman–Crippen LogP) is 4.54. The average Bonchev–Trinajstić information content (AvgIpc) is 3.35. The second-order valence-corrected chi connectivity index (χ2v) is 7.75. The lowest BCUT2D eigenvalue weighted by Crippen LogP contribution is -2.31. The van der Waals surface area contributed by atoms with Gasteiger partial charge >= 0.3 is 0 Å². The minimum absolute atomic E-state index is 0.101. The molecule has 2 N–H and O–H groups in total. The number of nitrogens with zero attached hydrogens (tertiary/aromatic N) is 2. The number of aromatic nitrogens is 2. The summed E-state index contributed by atoms with van der Waals surface area (Å²) in [6.45, 7) is 6.44. The molecule has 1 atom stereocenters. The van der Waals surface area contributed by atoms with Crippen molar-refractivity contribution >= 4 is 5.91 Å². The number of aromatic hydroxyl groups is 1. The van der Waals surface area contributed by atoms with Crippen LogP contribution in [0.25, 0.3) is 11.3 Å². The first-order valence-electron chi connectivity index (χ1n) is 11.1. The number of rotatable bonds is 10. The van der Waals surface area contributed by atoms with Gasteiger partial charge in [-0.05, 0) is 49.6 Å². The summed E-state index contributed by atoms with van der Waals surface area (Å²) in [5.41, 5.74) is 3.37. The molecule has 32 heavy (non-hydrogen) atoms. The van der Waals surface area contributed by atoms with Gasteiger partial charge < -0.3 is 19.5 Å². The van der Waals surface area contributed by atoms with Gasteiger partial charge in [0.1, 0.15) is 22.9 Å². The Kier molecular flexibility index (Phi) is 6.75. The van der Waals surface area contributed by atoms with E-state index in [4.69, 9.17) is 9.47 Å². The zero-order chi connectivity index (χ0) is 22.5. The first kappa shape index (κ1) is 21.9. The van der Waals surface area contributed by atoms with Crippen molar-refractivity contribution in [2.24, 2.45) is 0 Å². The van der Waals surface area contributed by atoms with E-state index in [-0.39, 0.29) is 17.7 Å². The molecule has 0 saturated heterocycles. The van der Waals surface area contributed by atoms with Crippen LogP contribution in [0.1, 0.15) is 54.3 Å². The molecule has 1 aromatic heterocycles. The van der Waals surface area contributed by atoms with Crippen LogP contribution in [0.15, 0.2) is 48.5 Å². The lowest BCUT2D eigenvalue weighted by molar-refractivity contribution is 0.0710. The molecule has 1 unspecified atom stereocenters. The Morgan fingerprint density at radius 2 is 1.97 bits per heavy atom. The number of carbonyl (C=O) groups is 1. The highest BCUT2D eigenvalue weighted by Crippen LogP contribution is 2.44. The van der Waals surface area contributed by atoms with Gasteiger partial charge in [-0.25, -0.2) is 0 Å². The maximum absolute atomic E-state index is 13.4. The number of carbonyl (C=O) groups excluding carboxylic acids is 1. The van der Waals surface area contributed by atoms with Gasteiger partial charge in [0.2, 0.25) is 0 Å². The maximum Gasteiger partial charge on any atom is 0.273 e. The minimum atomic E-state index is -0.336. The van der Waals surface area contributed by atoms with Crippen LogP contribution < -0.4 is 4.74 Å². The molecule has 0 aliphatic carbocycles. The molecule has 1 aliphatic heterocycles. The first-order valence-corrected chi connectivity index (χ1v) is 11.1. The molecule has 0 spiro atoms. The topological polar surface area (TPSA) is 87.7 Å². The van der Waals surface area contributed by atoms with Crippen molar-refractivity contribution in [3.05, 3.63) is 65.4 Å². The number of phenols is 1. The quantitative estimate of drug-likeness (QED) is 0.457. The maximum atomic E-state index is 13.4. The van der Waals surface area contributed by atoms with Crippen molar-refractivity contribution in [3.63, 3.8) is 0 Å². The standard InChI is InChI=1S/C25H29N3O4/c1-3-14-32-18-10-7-9-17(16-18)24-21-22(19-11-5-6-12-20(19)29)26-27-23(21)25(30)28(24)13-8-15-31-4-2/h5-7,9-12,16,24,29H,3-4,8,13-15H2,1-2H3,(H,26,27). The SMILES string of the molecule is CCCOc1cccc(C2c3c(-c4ccccc4O)n[nH]c3C(=O)N2CCCOCC)c1. The third kappa shape index (κ3) is 4.21. The molecule has 4 rings (SSSR count). The van der Waals surface area contributed by atoms with Gasteiger partial charge in [0.25, 0.3) is 5.91 Å². The summed E-state index contributed by atoms with van der Waals surface area (Å²) >= 11 is 0. The van der Waals surface area contributed by atoms with Crippen molar-refractivity contribution in [1.29, 1.82) is 0 Å². The highest BCUT2D eigenvalue weighted by Gasteiger charge is 2.42. The normalized spacial score (nSPS) is 15.2. The van der Waals surface area contributed by atoms with E-state index in [1.165, 1.54) is 0 Å². The molecule has 0 fully saturated rings. The number of benzene rings is 2. The van der Waals surface area contributed by atoms with Crippen LogP contribution in [0.4, 0.5) is 0 Å². The number of H-pyrrole nitrogens is 1. The summed E-state index contributed by atoms with van der Waals surface area (Å²) in [6, 6.07) is 14.6. The number of nitrogens with one attached hydrogen (secondary N) is 1. The fourth-order valence-electron chi connectivity index (χ4n) is 4.13. The molecule has 0 saturated carbocycles. The Hall–Kier alpha value is -3.32. The summed E-state index contributed by atoms with van der Waals surface area (Å²) < 4.78 is 11.3. The van der Waals surface area contributed by atoms with E-state index in [0.29, 0.717) is 43.3 Å². The van der Waals surface area contributed by atoms with E-state index in [1.807, 2.05) is 48.2 Å². The Bertz CT molecular complexity index is 1080. The second-order valence-electron chi connectivity index (χ2n) is 7.75. The van der Waals surface area contributed by atoms with Crippen LogP contribution >= 0.6 is 0 Å². The summed E-state index contributed by atoms with van der Waals surface area (Å²) in [4.78, 5) is 15.2. The van der Waals surface area contributed by atoms with Crippen LogP contribution in [0, 0.1) is 0 Å². The number of para-hydroxylation sites is 1. The highest BCUT2D eigenvalue weighted by atomic mass is 16.5. The van der Waals surface area contributed by atoms with Gasteiger partial charge in [0.05, 0.1) is 12.6 Å². The molecular formula is C25H29N3O4. The number of phenolic OH excluding ortho intramolecular Hbond substituents is 1. The Morgan fingerprint density at radius 3 is 2.75 bits per heavy atom.